The normalized spacial score (nSPS) is 16.9. The number of primary amides is 1. The first-order valence-electron chi connectivity index (χ1n) is 15.4. The first-order chi connectivity index (χ1) is 23.6. The lowest BCUT2D eigenvalue weighted by molar-refractivity contribution is 0.0445. The van der Waals surface area contributed by atoms with Crippen LogP contribution in [0.3, 0.4) is 0 Å². The summed E-state index contributed by atoms with van der Waals surface area (Å²) in [4.78, 5) is 60.5. The Morgan fingerprint density at radius 2 is 1.80 bits per heavy atom. The van der Waals surface area contributed by atoms with Crippen LogP contribution in [0.15, 0.2) is 88.8 Å². The number of ether oxygens (including phenoxy) is 1. The molecule has 1 aliphatic rings. The third-order valence-corrected chi connectivity index (χ3v) is 8.97. The minimum absolute atomic E-state index is 0.0435. The number of carbonyl (C=O) groups excluding carboxylic acids is 2. The van der Waals surface area contributed by atoms with E-state index in [-0.39, 0.29) is 28.3 Å². The monoisotopic (exact) mass is 666 g/mol. The van der Waals surface area contributed by atoms with Gasteiger partial charge in [0.05, 0.1) is 17.3 Å². The average molecular weight is 667 g/mol. The van der Waals surface area contributed by atoms with Crippen LogP contribution >= 0.6 is 0 Å². The van der Waals surface area contributed by atoms with Gasteiger partial charge in [0.15, 0.2) is 11.9 Å². The molecule has 1 amide bonds. The molecule has 12 nitrogen and oxygen atoms in total. The van der Waals surface area contributed by atoms with Crippen molar-refractivity contribution >= 4 is 29.1 Å². The number of nitrogens with two attached hydrogens (primary N) is 1. The van der Waals surface area contributed by atoms with Gasteiger partial charge in [-0.1, -0.05) is 12.1 Å². The Morgan fingerprint density at radius 1 is 1.00 bits per heavy atom. The van der Waals surface area contributed by atoms with Crippen LogP contribution < -0.4 is 17.0 Å². The lowest BCUT2D eigenvalue weighted by atomic mass is 9.81. The molecule has 0 aliphatic heterocycles. The van der Waals surface area contributed by atoms with Gasteiger partial charge in [-0.25, -0.2) is 32.9 Å². The summed E-state index contributed by atoms with van der Waals surface area (Å²) >= 11 is 0. The Balaban J connectivity index is 1.27. The number of rotatable bonds is 7. The Kier molecular flexibility index (Phi) is 7.98. The fourth-order valence-corrected chi connectivity index (χ4v) is 6.77. The standard InChI is InChI=1S/C35H28F2N6O6/c36-22-6-11-30-40-29(17-41(30)16-22)31(49-34(38)47)19-4-7-24(8-5-19)43-33(46)28-14-23(37)15-39-32(28)42(35(43)48)25-3-1-2-20(12-25)27-10-9-26(45)13-21(27)18-44/h1-3,6,9-19,24,31,45H,4-5,7-8H2,(H2,38,47). The second kappa shape index (κ2) is 12.4. The van der Waals surface area contributed by atoms with Crippen molar-refractivity contribution in [2.24, 2.45) is 11.7 Å². The third kappa shape index (κ3) is 5.81. The Morgan fingerprint density at radius 3 is 2.55 bits per heavy atom. The summed E-state index contributed by atoms with van der Waals surface area (Å²) in [6, 6.07) is 14.2. The quantitative estimate of drug-likeness (QED) is 0.219. The Bertz CT molecular complexity index is 2400. The maximum absolute atomic E-state index is 14.5. The lowest BCUT2D eigenvalue weighted by Crippen LogP contribution is -2.43. The number of benzene rings is 2. The summed E-state index contributed by atoms with van der Waals surface area (Å²) in [7, 11) is 0. The van der Waals surface area contributed by atoms with Crippen LogP contribution in [0.25, 0.3) is 33.5 Å². The highest BCUT2D eigenvalue weighted by Gasteiger charge is 2.35. The second-order valence-electron chi connectivity index (χ2n) is 12.0. The van der Waals surface area contributed by atoms with Gasteiger partial charge in [0.1, 0.15) is 34.8 Å². The molecule has 3 N–H and O–H groups in total. The summed E-state index contributed by atoms with van der Waals surface area (Å²) in [5.74, 6) is -1.59. The zero-order chi connectivity index (χ0) is 34.4. The van der Waals surface area contributed by atoms with E-state index in [1.165, 1.54) is 39.4 Å². The molecule has 1 saturated carbocycles. The SMILES string of the molecule is NC(=O)OC(c1cn2cc(F)ccc2n1)C1CCC(n2c(=O)c3cc(F)cnc3n(-c3cccc(-c4ccc(O)cc4C=O)c3)c2=O)CC1. The van der Waals surface area contributed by atoms with Gasteiger partial charge in [-0.3, -0.25) is 14.2 Å². The molecule has 49 heavy (non-hydrogen) atoms. The molecular weight excluding hydrogens is 638 g/mol. The fraction of sp³-hybridized carbons (Fsp3) is 0.200. The third-order valence-electron chi connectivity index (χ3n) is 8.97. The molecular formula is C35H28F2N6O6. The minimum atomic E-state index is -1.01. The highest BCUT2D eigenvalue weighted by atomic mass is 19.1. The molecule has 6 aromatic rings. The van der Waals surface area contributed by atoms with Crippen LogP contribution in [0.4, 0.5) is 13.6 Å². The number of halogens is 2. The van der Waals surface area contributed by atoms with Crippen LogP contribution in [0.2, 0.25) is 0 Å². The molecule has 4 heterocycles. The molecule has 0 bridgehead atoms. The number of fused-ring (bicyclic) bond motifs is 2. The van der Waals surface area contributed by atoms with Crippen molar-refractivity contribution in [1.82, 2.24) is 23.5 Å². The van der Waals surface area contributed by atoms with Crippen molar-refractivity contribution in [3.05, 3.63) is 123 Å². The maximum atomic E-state index is 14.5. The first-order valence-corrected chi connectivity index (χ1v) is 15.4. The number of aldehydes is 1. The molecule has 7 rings (SSSR count). The molecule has 1 fully saturated rings. The van der Waals surface area contributed by atoms with E-state index in [4.69, 9.17) is 10.5 Å². The van der Waals surface area contributed by atoms with Gasteiger partial charge in [0, 0.05) is 29.9 Å². The average Bonchev–Trinajstić information content (AvgIpc) is 3.51. The van der Waals surface area contributed by atoms with E-state index in [1.807, 2.05) is 0 Å². The number of pyridine rings is 2. The summed E-state index contributed by atoms with van der Waals surface area (Å²) in [5, 5.41) is 9.77. The maximum Gasteiger partial charge on any atom is 0.405 e. The topological polar surface area (TPSA) is 164 Å². The number of aromatic hydroxyl groups is 1. The predicted octanol–water partition coefficient (Wildman–Crippen LogP) is 5.23. The van der Waals surface area contributed by atoms with Crippen LogP contribution in [0.5, 0.6) is 5.75 Å². The lowest BCUT2D eigenvalue weighted by Gasteiger charge is -2.33. The van der Waals surface area contributed by atoms with Crippen molar-refractivity contribution in [2.75, 3.05) is 0 Å². The molecule has 1 atom stereocenters. The van der Waals surface area contributed by atoms with E-state index in [0.717, 1.165) is 16.8 Å². The number of imidazole rings is 1. The number of hydrogen-bond donors (Lipinski definition) is 2. The van der Waals surface area contributed by atoms with Gasteiger partial charge < -0.3 is 20.0 Å². The van der Waals surface area contributed by atoms with E-state index in [0.29, 0.717) is 60.1 Å². The molecule has 248 valence electrons. The van der Waals surface area contributed by atoms with Crippen molar-refractivity contribution in [3.63, 3.8) is 0 Å². The summed E-state index contributed by atoms with van der Waals surface area (Å²) in [6.45, 7) is 0. The first kappa shape index (κ1) is 31.4. The van der Waals surface area contributed by atoms with Gasteiger partial charge >= 0.3 is 11.8 Å². The van der Waals surface area contributed by atoms with Crippen LogP contribution in [0.1, 0.15) is 53.9 Å². The number of phenols is 1. The van der Waals surface area contributed by atoms with Crippen molar-refractivity contribution in [3.8, 4) is 22.6 Å². The van der Waals surface area contributed by atoms with E-state index in [2.05, 4.69) is 9.97 Å². The van der Waals surface area contributed by atoms with Crippen molar-refractivity contribution < 1.29 is 28.2 Å². The smallest absolute Gasteiger partial charge is 0.405 e. The molecule has 4 aromatic heterocycles. The second-order valence-corrected chi connectivity index (χ2v) is 12.0. The zero-order valence-electron chi connectivity index (χ0n) is 25.7. The number of hydrogen-bond acceptors (Lipinski definition) is 8. The number of aromatic nitrogens is 5. The molecule has 0 spiro atoms. The van der Waals surface area contributed by atoms with E-state index >= 15 is 0 Å². The highest BCUT2D eigenvalue weighted by Crippen LogP contribution is 2.40. The molecule has 2 aromatic carbocycles. The van der Waals surface area contributed by atoms with Gasteiger partial charge in [-0.05, 0) is 85.3 Å². The van der Waals surface area contributed by atoms with Crippen LogP contribution in [0, 0.1) is 17.6 Å². The number of phenolic OH excluding ortho intramolecular Hbond substituents is 1. The predicted molar refractivity (Wildman–Crippen MR) is 174 cm³/mol. The molecule has 14 heteroatoms. The minimum Gasteiger partial charge on any atom is -0.508 e. The molecule has 0 saturated heterocycles. The highest BCUT2D eigenvalue weighted by molar-refractivity contribution is 5.88. The van der Waals surface area contributed by atoms with E-state index < -0.39 is 41.1 Å². The largest absolute Gasteiger partial charge is 0.508 e. The number of nitrogens with zero attached hydrogens (tertiary/aromatic N) is 5. The van der Waals surface area contributed by atoms with Crippen molar-refractivity contribution in [2.45, 2.75) is 37.8 Å². The zero-order valence-corrected chi connectivity index (χ0v) is 25.7. The summed E-state index contributed by atoms with van der Waals surface area (Å²) < 4.78 is 37.6. The van der Waals surface area contributed by atoms with E-state index in [9.17, 15) is 33.1 Å². The number of carbonyl (C=O) groups is 2. The van der Waals surface area contributed by atoms with Gasteiger partial charge in [0.2, 0.25) is 0 Å². The Labute approximate surface area is 275 Å². The fourth-order valence-electron chi connectivity index (χ4n) is 6.77. The van der Waals surface area contributed by atoms with E-state index in [1.54, 1.807) is 36.5 Å². The molecule has 1 aliphatic carbocycles. The summed E-state index contributed by atoms with van der Waals surface area (Å²) in [6.07, 6.45) is 3.94. The molecule has 0 radical (unpaired) electrons. The van der Waals surface area contributed by atoms with Crippen LogP contribution in [-0.2, 0) is 4.74 Å². The number of amides is 1. The Hall–Kier alpha value is -6.18. The van der Waals surface area contributed by atoms with Gasteiger partial charge in [-0.15, -0.1) is 0 Å². The van der Waals surface area contributed by atoms with Gasteiger partial charge in [-0.2, -0.15) is 0 Å². The van der Waals surface area contributed by atoms with Gasteiger partial charge in [0.25, 0.3) is 5.56 Å². The summed E-state index contributed by atoms with van der Waals surface area (Å²) in [5.41, 5.74) is 6.41. The van der Waals surface area contributed by atoms with Crippen molar-refractivity contribution in [1.29, 1.82) is 0 Å². The van der Waals surface area contributed by atoms with Crippen LogP contribution in [-0.4, -0.2) is 41.0 Å². The molecule has 1 unspecified atom stereocenters.